The Morgan fingerprint density at radius 2 is 1.92 bits per heavy atom. The monoisotopic (exact) mass is 180 g/mol. The molecular formula is C10H9FO2. The number of halogens is 1. The van der Waals surface area contributed by atoms with Crippen molar-refractivity contribution in [2.45, 2.75) is 12.8 Å². The smallest absolute Gasteiger partial charge is 0.314 e. The molecule has 1 aliphatic carbocycles. The second-order valence-corrected chi connectivity index (χ2v) is 3.15. The van der Waals surface area contributed by atoms with Gasteiger partial charge in [0.2, 0.25) is 0 Å². The maximum absolute atomic E-state index is 12.5. The molecule has 0 spiro atoms. The largest absolute Gasteiger partial charge is 0.426 e. The van der Waals surface area contributed by atoms with Crippen LogP contribution in [-0.2, 0) is 4.79 Å². The predicted molar refractivity (Wildman–Crippen MR) is 44.8 cm³/mol. The van der Waals surface area contributed by atoms with E-state index in [1.807, 2.05) is 0 Å². The van der Waals surface area contributed by atoms with E-state index in [1.165, 1.54) is 24.3 Å². The van der Waals surface area contributed by atoms with Crippen molar-refractivity contribution in [1.82, 2.24) is 0 Å². The third-order valence-electron chi connectivity index (χ3n) is 1.94. The molecule has 0 heterocycles. The summed E-state index contributed by atoms with van der Waals surface area (Å²) in [6, 6.07) is 5.45. The van der Waals surface area contributed by atoms with E-state index < -0.39 is 0 Å². The summed E-state index contributed by atoms with van der Waals surface area (Å²) in [4.78, 5) is 11.1. The zero-order valence-electron chi connectivity index (χ0n) is 7.00. The highest BCUT2D eigenvalue weighted by Gasteiger charge is 2.31. The number of hydrogen-bond acceptors (Lipinski definition) is 2. The average Bonchev–Trinajstić information content (AvgIpc) is 2.91. The Balaban J connectivity index is 2.00. The molecule has 0 aliphatic heterocycles. The highest BCUT2D eigenvalue weighted by molar-refractivity contribution is 5.77. The summed E-state index contributed by atoms with van der Waals surface area (Å²) in [5, 5.41) is 0. The summed E-state index contributed by atoms with van der Waals surface area (Å²) < 4.78 is 17.4. The van der Waals surface area contributed by atoms with Gasteiger partial charge in [-0.25, -0.2) is 4.39 Å². The summed E-state index contributed by atoms with van der Waals surface area (Å²) in [5.41, 5.74) is 0. The molecule has 13 heavy (non-hydrogen) atoms. The maximum Gasteiger partial charge on any atom is 0.314 e. The van der Waals surface area contributed by atoms with E-state index in [0.29, 0.717) is 5.75 Å². The first-order valence-electron chi connectivity index (χ1n) is 4.23. The van der Waals surface area contributed by atoms with Gasteiger partial charge >= 0.3 is 5.97 Å². The number of ether oxygens (including phenoxy) is 1. The Hall–Kier alpha value is -1.38. The van der Waals surface area contributed by atoms with Crippen LogP contribution in [0.3, 0.4) is 0 Å². The molecule has 0 atom stereocenters. The van der Waals surface area contributed by atoms with Crippen LogP contribution in [0.15, 0.2) is 24.3 Å². The average molecular weight is 180 g/mol. The zero-order chi connectivity index (χ0) is 9.26. The minimum absolute atomic E-state index is 0.0741. The standard InChI is InChI=1S/C10H9FO2/c11-8-3-5-9(6-4-8)13-10(12)7-1-2-7/h3-7H,1-2H2. The number of rotatable bonds is 2. The van der Waals surface area contributed by atoms with Crippen molar-refractivity contribution < 1.29 is 13.9 Å². The van der Waals surface area contributed by atoms with Gasteiger partial charge in [-0.1, -0.05) is 0 Å². The van der Waals surface area contributed by atoms with E-state index in [4.69, 9.17) is 4.74 Å². The van der Waals surface area contributed by atoms with Crippen molar-refractivity contribution in [3.8, 4) is 5.75 Å². The molecule has 0 aromatic heterocycles. The Morgan fingerprint density at radius 1 is 1.31 bits per heavy atom. The van der Waals surface area contributed by atoms with Gasteiger partial charge in [-0.2, -0.15) is 0 Å². The highest BCUT2D eigenvalue weighted by atomic mass is 19.1. The van der Waals surface area contributed by atoms with E-state index in [0.717, 1.165) is 12.8 Å². The lowest BCUT2D eigenvalue weighted by atomic mass is 10.3. The van der Waals surface area contributed by atoms with Gasteiger partial charge in [-0.15, -0.1) is 0 Å². The fourth-order valence-electron chi connectivity index (χ4n) is 1.02. The first kappa shape index (κ1) is 8.23. The molecule has 0 amide bonds. The molecule has 1 aliphatic rings. The van der Waals surface area contributed by atoms with Gasteiger partial charge in [0.25, 0.3) is 0 Å². The molecule has 2 rings (SSSR count). The minimum atomic E-state index is -0.328. The lowest BCUT2D eigenvalue weighted by Crippen LogP contribution is -2.09. The molecule has 1 aromatic rings. The fraction of sp³-hybridized carbons (Fsp3) is 0.300. The van der Waals surface area contributed by atoms with Gasteiger partial charge in [0.15, 0.2) is 0 Å². The van der Waals surface area contributed by atoms with Crippen LogP contribution < -0.4 is 4.74 Å². The normalized spacial score (nSPS) is 15.5. The third-order valence-corrected chi connectivity index (χ3v) is 1.94. The summed E-state index contributed by atoms with van der Waals surface area (Å²) in [6.07, 6.45) is 1.83. The summed E-state index contributed by atoms with van der Waals surface area (Å²) in [5.74, 6) is -0.0406. The number of carbonyl (C=O) groups is 1. The Kier molecular flexibility index (Phi) is 2.00. The number of esters is 1. The maximum atomic E-state index is 12.5. The van der Waals surface area contributed by atoms with Crippen molar-refractivity contribution in [3.05, 3.63) is 30.1 Å². The van der Waals surface area contributed by atoms with Crippen molar-refractivity contribution in [1.29, 1.82) is 0 Å². The Labute approximate surface area is 75.3 Å². The van der Waals surface area contributed by atoms with Gasteiger partial charge in [0, 0.05) is 0 Å². The summed E-state index contributed by atoms with van der Waals surface area (Å²) in [6.45, 7) is 0. The van der Waals surface area contributed by atoms with Crippen molar-refractivity contribution >= 4 is 5.97 Å². The van der Waals surface area contributed by atoms with E-state index in [9.17, 15) is 9.18 Å². The lowest BCUT2D eigenvalue weighted by molar-refractivity contribution is -0.135. The van der Waals surface area contributed by atoms with Crippen LogP contribution in [0.1, 0.15) is 12.8 Å². The second kappa shape index (κ2) is 3.17. The van der Waals surface area contributed by atoms with Gasteiger partial charge < -0.3 is 4.74 Å². The molecule has 68 valence electrons. The highest BCUT2D eigenvalue weighted by Crippen LogP contribution is 2.30. The SMILES string of the molecule is O=C(Oc1ccc(F)cc1)C1CC1. The van der Waals surface area contributed by atoms with Crippen LogP contribution in [0.2, 0.25) is 0 Å². The van der Waals surface area contributed by atoms with Gasteiger partial charge in [-0.05, 0) is 37.1 Å². The van der Waals surface area contributed by atoms with E-state index in [-0.39, 0.29) is 17.7 Å². The van der Waals surface area contributed by atoms with Crippen LogP contribution in [0.4, 0.5) is 4.39 Å². The van der Waals surface area contributed by atoms with Gasteiger partial charge in [0.05, 0.1) is 5.92 Å². The van der Waals surface area contributed by atoms with Crippen molar-refractivity contribution in [2.24, 2.45) is 5.92 Å². The van der Waals surface area contributed by atoms with Crippen LogP contribution in [0.5, 0.6) is 5.75 Å². The fourth-order valence-corrected chi connectivity index (χ4v) is 1.02. The van der Waals surface area contributed by atoms with Crippen LogP contribution in [0, 0.1) is 11.7 Å². The minimum Gasteiger partial charge on any atom is -0.426 e. The first-order valence-corrected chi connectivity index (χ1v) is 4.23. The first-order chi connectivity index (χ1) is 6.25. The van der Waals surface area contributed by atoms with Crippen LogP contribution in [-0.4, -0.2) is 5.97 Å². The zero-order valence-corrected chi connectivity index (χ0v) is 7.00. The van der Waals surface area contributed by atoms with Crippen LogP contribution >= 0.6 is 0 Å². The quantitative estimate of drug-likeness (QED) is 0.514. The molecule has 0 saturated heterocycles. The molecule has 1 saturated carbocycles. The van der Waals surface area contributed by atoms with Crippen molar-refractivity contribution in [3.63, 3.8) is 0 Å². The number of hydrogen-bond donors (Lipinski definition) is 0. The molecule has 0 bridgehead atoms. The van der Waals surface area contributed by atoms with E-state index in [2.05, 4.69) is 0 Å². The molecule has 0 unspecified atom stereocenters. The number of carbonyl (C=O) groups excluding carboxylic acids is 1. The lowest BCUT2D eigenvalue weighted by Gasteiger charge is -2.01. The molecule has 0 N–H and O–H groups in total. The molecule has 1 aromatic carbocycles. The Morgan fingerprint density at radius 3 is 2.46 bits per heavy atom. The Bertz CT molecular complexity index is 314. The van der Waals surface area contributed by atoms with Gasteiger partial charge in [0.1, 0.15) is 11.6 Å². The van der Waals surface area contributed by atoms with Crippen molar-refractivity contribution in [2.75, 3.05) is 0 Å². The summed E-state index contributed by atoms with van der Waals surface area (Å²) in [7, 11) is 0. The topological polar surface area (TPSA) is 26.3 Å². The van der Waals surface area contributed by atoms with Gasteiger partial charge in [-0.3, -0.25) is 4.79 Å². The molecule has 3 heteroatoms. The molecular weight excluding hydrogens is 171 g/mol. The number of benzene rings is 1. The van der Waals surface area contributed by atoms with Crippen LogP contribution in [0.25, 0.3) is 0 Å². The summed E-state index contributed by atoms with van der Waals surface area (Å²) >= 11 is 0. The molecule has 1 fully saturated rings. The molecule has 2 nitrogen and oxygen atoms in total. The molecule has 0 radical (unpaired) electrons. The third kappa shape index (κ3) is 2.05. The van der Waals surface area contributed by atoms with E-state index in [1.54, 1.807) is 0 Å². The second-order valence-electron chi connectivity index (χ2n) is 3.15. The predicted octanol–water partition coefficient (Wildman–Crippen LogP) is 2.14. The van der Waals surface area contributed by atoms with E-state index >= 15 is 0 Å².